The first-order valence-electron chi connectivity index (χ1n) is 3.51. The molecule has 1 heterocycles. The second-order valence-electron chi connectivity index (χ2n) is 2.49. The number of nitrogens with zero attached hydrogens (tertiary/aromatic N) is 1. The molecule has 2 aliphatic rings. The van der Waals surface area contributed by atoms with Crippen molar-refractivity contribution in [3.05, 3.63) is 36.6 Å². The summed E-state index contributed by atoms with van der Waals surface area (Å²) in [5.74, 6) is 0.000556. The van der Waals surface area contributed by atoms with Crippen molar-refractivity contribution in [1.82, 2.24) is 0 Å². The first-order chi connectivity index (χ1) is 5.38. The number of fused-ring (bicyclic) bond motifs is 1. The number of aliphatic imine (C=N–C) groups is 1. The van der Waals surface area contributed by atoms with Gasteiger partial charge < -0.3 is 0 Å². The number of hydrogen-bond donors (Lipinski definition) is 0. The van der Waals surface area contributed by atoms with Crippen molar-refractivity contribution >= 4 is 11.5 Å². The molecule has 1 aliphatic heterocycles. The highest BCUT2D eigenvalue weighted by Crippen LogP contribution is 2.14. The Labute approximate surface area is 64.6 Å². The number of allylic oxidation sites excluding steroid dienone is 5. The van der Waals surface area contributed by atoms with Crippen molar-refractivity contribution in [2.45, 2.75) is 0 Å². The van der Waals surface area contributed by atoms with E-state index in [1.165, 1.54) is 6.08 Å². The van der Waals surface area contributed by atoms with Gasteiger partial charge in [-0.2, -0.15) is 0 Å². The third kappa shape index (κ3) is 0.963. The molecule has 1 atom stereocenters. The first-order valence-corrected chi connectivity index (χ1v) is 3.51. The first kappa shape index (κ1) is 6.28. The summed E-state index contributed by atoms with van der Waals surface area (Å²) in [6.45, 7) is 0. The van der Waals surface area contributed by atoms with Crippen molar-refractivity contribution in [3.8, 4) is 0 Å². The van der Waals surface area contributed by atoms with Crippen LogP contribution in [0.15, 0.2) is 41.6 Å². The summed E-state index contributed by atoms with van der Waals surface area (Å²) in [6, 6.07) is 0. The van der Waals surface area contributed by atoms with Gasteiger partial charge in [0.15, 0.2) is 5.78 Å². The SMILES string of the molecule is O=C1C=CN=C2C=CC=CC12. The molecule has 11 heavy (non-hydrogen) atoms. The van der Waals surface area contributed by atoms with E-state index in [2.05, 4.69) is 4.99 Å². The maximum absolute atomic E-state index is 11.2. The summed E-state index contributed by atoms with van der Waals surface area (Å²) >= 11 is 0. The molecule has 1 aliphatic carbocycles. The topological polar surface area (TPSA) is 29.4 Å². The largest absolute Gasteiger partial charge is 0.294 e. The van der Waals surface area contributed by atoms with Crippen molar-refractivity contribution in [3.63, 3.8) is 0 Å². The van der Waals surface area contributed by atoms with Crippen LogP contribution in [0.1, 0.15) is 0 Å². The number of rotatable bonds is 0. The number of carbonyl (C=O) groups excluding carboxylic acids is 1. The Hall–Kier alpha value is -1.44. The Balaban J connectivity index is 2.43. The zero-order valence-corrected chi connectivity index (χ0v) is 5.90. The molecule has 0 N–H and O–H groups in total. The molecule has 0 aromatic rings. The average molecular weight is 145 g/mol. The smallest absolute Gasteiger partial charge is 0.170 e. The standard InChI is InChI=1S/C9H7NO/c11-9-5-6-10-8-4-2-1-3-7(8)9/h1-7H. The highest BCUT2D eigenvalue weighted by Gasteiger charge is 2.20. The van der Waals surface area contributed by atoms with Crippen LogP contribution in [0.25, 0.3) is 0 Å². The number of ketones is 1. The van der Waals surface area contributed by atoms with Gasteiger partial charge in [-0.25, -0.2) is 0 Å². The molecule has 0 radical (unpaired) electrons. The van der Waals surface area contributed by atoms with Gasteiger partial charge in [-0.15, -0.1) is 0 Å². The maximum atomic E-state index is 11.2. The van der Waals surface area contributed by atoms with E-state index in [0.717, 1.165) is 5.71 Å². The summed E-state index contributed by atoms with van der Waals surface area (Å²) in [7, 11) is 0. The van der Waals surface area contributed by atoms with Crippen LogP contribution in [-0.2, 0) is 4.79 Å². The van der Waals surface area contributed by atoms with Crippen molar-refractivity contribution in [2.75, 3.05) is 0 Å². The van der Waals surface area contributed by atoms with Crippen molar-refractivity contribution in [2.24, 2.45) is 10.9 Å². The van der Waals surface area contributed by atoms with Crippen LogP contribution >= 0.6 is 0 Å². The van der Waals surface area contributed by atoms with Gasteiger partial charge in [0.1, 0.15) is 0 Å². The minimum atomic E-state index is -0.120. The summed E-state index contributed by atoms with van der Waals surface area (Å²) < 4.78 is 0. The fourth-order valence-electron chi connectivity index (χ4n) is 1.20. The lowest BCUT2D eigenvalue weighted by Gasteiger charge is -2.14. The van der Waals surface area contributed by atoms with E-state index >= 15 is 0 Å². The van der Waals surface area contributed by atoms with Crippen LogP contribution < -0.4 is 0 Å². The summed E-state index contributed by atoms with van der Waals surface area (Å²) in [6.07, 6.45) is 10.6. The Morgan fingerprint density at radius 1 is 1.27 bits per heavy atom. The van der Waals surface area contributed by atoms with Crippen LogP contribution in [-0.4, -0.2) is 11.5 Å². The number of carbonyl (C=O) groups is 1. The molecule has 1 unspecified atom stereocenters. The highest BCUT2D eigenvalue weighted by molar-refractivity contribution is 6.17. The van der Waals surface area contributed by atoms with Crippen LogP contribution in [0.5, 0.6) is 0 Å². The van der Waals surface area contributed by atoms with Crippen LogP contribution in [0.2, 0.25) is 0 Å². The minimum Gasteiger partial charge on any atom is -0.294 e. The van der Waals surface area contributed by atoms with Gasteiger partial charge in [0.25, 0.3) is 0 Å². The minimum absolute atomic E-state index is 0.120. The highest BCUT2D eigenvalue weighted by atomic mass is 16.1. The molecule has 0 saturated carbocycles. The average Bonchev–Trinajstić information content (AvgIpc) is 2.06. The van der Waals surface area contributed by atoms with Gasteiger partial charge in [-0.3, -0.25) is 9.79 Å². The van der Waals surface area contributed by atoms with Gasteiger partial charge in [0.2, 0.25) is 0 Å². The lowest BCUT2D eigenvalue weighted by atomic mass is 9.92. The van der Waals surface area contributed by atoms with E-state index < -0.39 is 0 Å². The summed E-state index contributed by atoms with van der Waals surface area (Å²) in [5, 5.41) is 0. The maximum Gasteiger partial charge on any atom is 0.170 e. The molecule has 2 heteroatoms. The van der Waals surface area contributed by atoms with E-state index in [1.807, 2.05) is 24.3 Å². The molecular formula is C9H7NO. The van der Waals surface area contributed by atoms with Crippen LogP contribution in [0.4, 0.5) is 0 Å². The quantitative estimate of drug-likeness (QED) is 0.504. The van der Waals surface area contributed by atoms with Crippen molar-refractivity contribution < 1.29 is 4.79 Å². The number of hydrogen-bond acceptors (Lipinski definition) is 2. The molecule has 0 aromatic heterocycles. The van der Waals surface area contributed by atoms with Gasteiger partial charge in [-0.05, 0) is 6.08 Å². The molecule has 0 amide bonds. The van der Waals surface area contributed by atoms with E-state index in [9.17, 15) is 4.79 Å². The fourth-order valence-corrected chi connectivity index (χ4v) is 1.20. The second-order valence-corrected chi connectivity index (χ2v) is 2.49. The second kappa shape index (κ2) is 2.31. The zero-order chi connectivity index (χ0) is 7.68. The Bertz CT molecular complexity index is 308. The van der Waals surface area contributed by atoms with Crippen molar-refractivity contribution in [1.29, 1.82) is 0 Å². The van der Waals surface area contributed by atoms with E-state index in [0.29, 0.717) is 0 Å². The van der Waals surface area contributed by atoms with Gasteiger partial charge in [-0.1, -0.05) is 18.2 Å². The molecule has 0 fully saturated rings. The summed E-state index contributed by atoms with van der Waals surface area (Å²) in [4.78, 5) is 15.3. The lowest BCUT2D eigenvalue weighted by molar-refractivity contribution is -0.115. The monoisotopic (exact) mass is 145 g/mol. The van der Waals surface area contributed by atoms with Crippen LogP contribution in [0.3, 0.4) is 0 Å². The van der Waals surface area contributed by atoms with E-state index in [-0.39, 0.29) is 11.7 Å². The predicted octanol–water partition coefficient (Wildman–Crippen LogP) is 1.27. The molecule has 0 aromatic carbocycles. The van der Waals surface area contributed by atoms with Gasteiger partial charge in [0, 0.05) is 12.3 Å². The fraction of sp³-hybridized carbons (Fsp3) is 0.111. The molecule has 2 rings (SSSR count). The van der Waals surface area contributed by atoms with Crippen LogP contribution in [0, 0.1) is 5.92 Å². The normalized spacial score (nSPS) is 26.7. The molecule has 0 saturated heterocycles. The van der Waals surface area contributed by atoms with E-state index in [1.54, 1.807) is 6.20 Å². The zero-order valence-electron chi connectivity index (χ0n) is 5.90. The third-order valence-corrected chi connectivity index (χ3v) is 1.77. The predicted molar refractivity (Wildman–Crippen MR) is 43.4 cm³/mol. The summed E-state index contributed by atoms with van der Waals surface area (Å²) in [5.41, 5.74) is 0.847. The Morgan fingerprint density at radius 3 is 3.00 bits per heavy atom. The molecule has 2 nitrogen and oxygen atoms in total. The molecule has 0 spiro atoms. The Morgan fingerprint density at radius 2 is 2.18 bits per heavy atom. The Kier molecular flexibility index (Phi) is 1.32. The molecular weight excluding hydrogens is 138 g/mol. The van der Waals surface area contributed by atoms with E-state index in [4.69, 9.17) is 0 Å². The molecule has 54 valence electrons. The van der Waals surface area contributed by atoms with Gasteiger partial charge >= 0.3 is 0 Å². The lowest BCUT2D eigenvalue weighted by Crippen LogP contribution is -2.22. The third-order valence-electron chi connectivity index (χ3n) is 1.77. The molecule has 0 bridgehead atoms. The van der Waals surface area contributed by atoms with Gasteiger partial charge in [0.05, 0.1) is 11.6 Å².